The maximum atomic E-state index is 13.7. The number of carbonyl (C=O) groups excluding carboxylic acids is 2. The average Bonchev–Trinajstić information content (AvgIpc) is 3.41. The Labute approximate surface area is 194 Å². The van der Waals surface area contributed by atoms with Gasteiger partial charge in [0.25, 0.3) is 5.91 Å². The maximum Gasteiger partial charge on any atom is 0.275 e. The highest BCUT2D eigenvalue weighted by Gasteiger charge is 2.48. The van der Waals surface area contributed by atoms with Gasteiger partial charge < -0.3 is 14.6 Å². The molecule has 0 aliphatic carbocycles. The first-order chi connectivity index (χ1) is 15.9. The summed E-state index contributed by atoms with van der Waals surface area (Å²) in [5, 5.41) is 5.90. The van der Waals surface area contributed by atoms with E-state index in [0.717, 1.165) is 15.8 Å². The van der Waals surface area contributed by atoms with Gasteiger partial charge in [-0.1, -0.05) is 12.1 Å². The van der Waals surface area contributed by atoms with Crippen LogP contribution in [0.2, 0.25) is 0 Å². The molecule has 0 bridgehead atoms. The molecule has 5 rings (SSSR count). The Balaban J connectivity index is 1.54. The van der Waals surface area contributed by atoms with Gasteiger partial charge in [-0.2, -0.15) is 0 Å². The van der Waals surface area contributed by atoms with Crippen LogP contribution >= 0.6 is 11.3 Å². The number of halogens is 1. The number of benzene rings is 2. The number of hydrogen-bond acceptors (Lipinski definition) is 4. The zero-order chi connectivity index (χ0) is 23.2. The van der Waals surface area contributed by atoms with Crippen molar-refractivity contribution in [2.75, 3.05) is 12.0 Å². The Morgan fingerprint density at radius 3 is 2.58 bits per heavy atom. The van der Waals surface area contributed by atoms with E-state index in [2.05, 4.69) is 5.32 Å². The van der Waals surface area contributed by atoms with Crippen molar-refractivity contribution in [2.45, 2.75) is 25.6 Å². The van der Waals surface area contributed by atoms with E-state index in [1.807, 2.05) is 22.1 Å². The highest BCUT2D eigenvalue weighted by Crippen LogP contribution is 2.37. The van der Waals surface area contributed by atoms with Crippen molar-refractivity contribution in [3.05, 3.63) is 83.1 Å². The van der Waals surface area contributed by atoms with Gasteiger partial charge in [0.15, 0.2) is 0 Å². The van der Waals surface area contributed by atoms with Gasteiger partial charge in [-0.25, -0.2) is 4.39 Å². The monoisotopic (exact) mass is 463 g/mol. The molecule has 168 valence electrons. The average molecular weight is 464 g/mol. The molecule has 1 aliphatic heterocycles. The van der Waals surface area contributed by atoms with Crippen molar-refractivity contribution >= 4 is 39.1 Å². The molecule has 8 heteroatoms. The van der Waals surface area contributed by atoms with Crippen LogP contribution in [-0.2, 0) is 17.9 Å². The molecule has 3 heterocycles. The van der Waals surface area contributed by atoms with Crippen LogP contribution in [0.25, 0.3) is 10.2 Å². The number of methoxy groups -OCH3 is 1. The van der Waals surface area contributed by atoms with Gasteiger partial charge in [0.1, 0.15) is 27.6 Å². The SMILES string of the molecule is COc1ccc(N2C(=O)c3cc4ccsc4n3C[C@@]2(C)C(=O)NCc2ccc(F)cc2)cc1. The van der Waals surface area contributed by atoms with Gasteiger partial charge in [-0.05, 0) is 66.4 Å². The number of thiophene rings is 1. The molecule has 0 unspecified atom stereocenters. The van der Waals surface area contributed by atoms with Gasteiger partial charge in [0, 0.05) is 17.6 Å². The summed E-state index contributed by atoms with van der Waals surface area (Å²) >= 11 is 1.55. The number of anilines is 1. The molecular formula is C25H22FN3O3S. The number of rotatable bonds is 5. The standard InChI is InChI=1S/C25H22FN3O3S/c1-25(24(31)27-14-16-3-5-18(26)6-4-16)15-28-21(13-17-11-12-33-23(17)28)22(30)29(25)19-7-9-20(32-2)10-8-19/h3-13H,14-15H2,1-2H3,(H,27,31)/t25-/m0/s1. The van der Waals surface area contributed by atoms with Crippen LogP contribution in [0.3, 0.4) is 0 Å². The molecule has 2 aromatic heterocycles. The first kappa shape index (κ1) is 21.2. The fraction of sp³-hybridized carbons (Fsp3) is 0.200. The van der Waals surface area contributed by atoms with Crippen LogP contribution < -0.4 is 15.0 Å². The van der Waals surface area contributed by atoms with Crippen LogP contribution in [0.4, 0.5) is 10.1 Å². The third-order valence-electron chi connectivity index (χ3n) is 6.07. The van der Waals surface area contributed by atoms with Crippen LogP contribution in [0, 0.1) is 5.82 Å². The molecule has 1 atom stereocenters. The molecule has 4 aromatic rings. The molecule has 1 aliphatic rings. The van der Waals surface area contributed by atoms with Gasteiger partial charge in [-0.15, -0.1) is 11.3 Å². The molecule has 1 N–H and O–H groups in total. The summed E-state index contributed by atoms with van der Waals surface area (Å²) in [5.74, 6) is -0.204. The molecule has 0 fully saturated rings. The minimum absolute atomic E-state index is 0.228. The van der Waals surface area contributed by atoms with E-state index in [0.29, 0.717) is 23.7 Å². The minimum Gasteiger partial charge on any atom is -0.497 e. The van der Waals surface area contributed by atoms with E-state index >= 15 is 0 Å². The van der Waals surface area contributed by atoms with E-state index in [4.69, 9.17) is 4.74 Å². The summed E-state index contributed by atoms with van der Waals surface area (Å²) in [6.07, 6.45) is 0. The summed E-state index contributed by atoms with van der Waals surface area (Å²) in [7, 11) is 1.58. The third-order valence-corrected chi connectivity index (χ3v) is 7.02. The minimum atomic E-state index is -1.19. The van der Waals surface area contributed by atoms with E-state index in [9.17, 15) is 14.0 Å². The molecule has 2 amide bonds. The summed E-state index contributed by atoms with van der Waals surface area (Å²) < 4.78 is 20.4. The molecule has 0 spiro atoms. The summed E-state index contributed by atoms with van der Waals surface area (Å²) in [6, 6.07) is 16.9. The lowest BCUT2D eigenvalue weighted by molar-refractivity contribution is -0.126. The van der Waals surface area contributed by atoms with Gasteiger partial charge in [0.05, 0.1) is 13.7 Å². The number of carbonyl (C=O) groups is 2. The van der Waals surface area contributed by atoms with E-state index < -0.39 is 5.54 Å². The van der Waals surface area contributed by atoms with Crippen molar-refractivity contribution in [3.63, 3.8) is 0 Å². The molecule has 2 aromatic carbocycles. The third kappa shape index (κ3) is 3.56. The fourth-order valence-electron chi connectivity index (χ4n) is 4.31. The highest BCUT2D eigenvalue weighted by molar-refractivity contribution is 7.16. The van der Waals surface area contributed by atoms with Gasteiger partial charge in [-0.3, -0.25) is 14.5 Å². The lowest BCUT2D eigenvalue weighted by Gasteiger charge is -2.44. The molecule has 33 heavy (non-hydrogen) atoms. The zero-order valence-electron chi connectivity index (χ0n) is 18.2. The Morgan fingerprint density at radius 2 is 1.88 bits per heavy atom. The number of nitrogens with one attached hydrogen (secondary N) is 1. The predicted molar refractivity (Wildman–Crippen MR) is 126 cm³/mol. The highest BCUT2D eigenvalue weighted by atomic mass is 32.1. The number of hydrogen-bond donors (Lipinski definition) is 1. The number of amides is 2. The Hall–Kier alpha value is -3.65. The number of ether oxygens (including phenoxy) is 1. The van der Waals surface area contributed by atoms with Crippen LogP contribution in [0.5, 0.6) is 5.75 Å². The topological polar surface area (TPSA) is 63.6 Å². The number of fused-ring (bicyclic) bond motifs is 3. The van der Waals surface area contributed by atoms with Crippen molar-refractivity contribution in [1.82, 2.24) is 9.88 Å². The second kappa shape index (κ2) is 8.04. The summed E-state index contributed by atoms with van der Waals surface area (Å²) in [6.45, 7) is 2.31. The number of aromatic nitrogens is 1. The zero-order valence-corrected chi connectivity index (χ0v) is 19.0. The van der Waals surface area contributed by atoms with Crippen LogP contribution in [0.15, 0.2) is 66.0 Å². The summed E-state index contributed by atoms with van der Waals surface area (Å²) in [4.78, 5) is 29.9. The Morgan fingerprint density at radius 1 is 1.15 bits per heavy atom. The molecule has 0 radical (unpaired) electrons. The molecule has 0 saturated carbocycles. The molecule has 0 saturated heterocycles. The van der Waals surface area contributed by atoms with E-state index in [1.54, 1.807) is 66.7 Å². The van der Waals surface area contributed by atoms with Crippen LogP contribution in [-0.4, -0.2) is 29.0 Å². The first-order valence-corrected chi connectivity index (χ1v) is 11.4. The second-order valence-electron chi connectivity index (χ2n) is 8.22. The first-order valence-electron chi connectivity index (χ1n) is 10.5. The van der Waals surface area contributed by atoms with Gasteiger partial charge in [0.2, 0.25) is 5.91 Å². The van der Waals surface area contributed by atoms with Crippen molar-refractivity contribution < 1.29 is 18.7 Å². The Kier molecular flexibility index (Phi) is 5.17. The van der Waals surface area contributed by atoms with Crippen molar-refractivity contribution in [1.29, 1.82) is 0 Å². The van der Waals surface area contributed by atoms with E-state index in [-0.39, 0.29) is 24.2 Å². The van der Waals surface area contributed by atoms with E-state index in [1.165, 1.54) is 12.1 Å². The largest absolute Gasteiger partial charge is 0.497 e. The van der Waals surface area contributed by atoms with Gasteiger partial charge >= 0.3 is 0 Å². The molecule has 6 nitrogen and oxygen atoms in total. The smallest absolute Gasteiger partial charge is 0.275 e. The van der Waals surface area contributed by atoms with Crippen molar-refractivity contribution in [3.8, 4) is 5.75 Å². The quantitative estimate of drug-likeness (QED) is 0.471. The second-order valence-corrected chi connectivity index (χ2v) is 9.11. The van der Waals surface area contributed by atoms with Crippen LogP contribution in [0.1, 0.15) is 23.0 Å². The predicted octanol–water partition coefficient (Wildman–Crippen LogP) is 4.59. The maximum absolute atomic E-state index is 13.7. The Bertz CT molecular complexity index is 1340. The fourth-order valence-corrected chi connectivity index (χ4v) is 5.21. The molecular weight excluding hydrogens is 441 g/mol. The number of nitrogens with zero attached hydrogens (tertiary/aromatic N) is 2. The lowest BCUT2D eigenvalue weighted by atomic mass is 9.93. The van der Waals surface area contributed by atoms with Crippen molar-refractivity contribution in [2.24, 2.45) is 0 Å². The summed E-state index contributed by atoms with van der Waals surface area (Å²) in [5.41, 5.74) is 0.746. The normalized spacial score (nSPS) is 17.8. The lowest BCUT2D eigenvalue weighted by Crippen LogP contribution is -2.64.